The number of hydrogen-bond acceptors (Lipinski definition) is 2. The Bertz CT molecular complexity index is 1060. The Morgan fingerprint density at radius 3 is 2.00 bits per heavy atom. The lowest BCUT2D eigenvalue weighted by molar-refractivity contribution is 0.404. The fourth-order valence-corrected chi connectivity index (χ4v) is 5.75. The van der Waals surface area contributed by atoms with Gasteiger partial charge < -0.3 is 9.47 Å². The van der Waals surface area contributed by atoms with Crippen molar-refractivity contribution in [3.05, 3.63) is 90.9 Å². The van der Waals surface area contributed by atoms with Crippen LogP contribution in [0.25, 0.3) is 0 Å². The number of rotatable bonds is 2. The van der Waals surface area contributed by atoms with Gasteiger partial charge in [0.05, 0.1) is 18.7 Å². The molecule has 0 aromatic heterocycles. The summed E-state index contributed by atoms with van der Waals surface area (Å²) in [6.45, 7) is 0. The van der Waals surface area contributed by atoms with E-state index in [1.807, 2.05) is 0 Å². The minimum absolute atomic E-state index is 0.147. The van der Waals surface area contributed by atoms with Gasteiger partial charge in [-0.15, -0.1) is 0 Å². The van der Waals surface area contributed by atoms with Gasteiger partial charge in [0.2, 0.25) is 0 Å². The Morgan fingerprint density at radius 1 is 0.654 bits per heavy atom. The Morgan fingerprint density at radius 2 is 1.31 bits per heavy atom. The summed E-state index contributed by atoms with van der Waals surface area (Å²) in [6.07, 6.45) is 0. The molecule has 26 heavy (non-hydrogen) atoms. The van der Waals surface area contributed by atoms with Crippen molar-refractivity contribution in [1.29, 1.82) is 0 Å². The normalized spacial score (nSPS) is 18.8. The highest BCUT2D eigenvalue weighted by Gasteiger charge is 2.44. The quantitative estimate of drug-likeness (QED) is 0.304. The van der Waals surface area contributed by atoms with Crippen molar-refractivity contribution >= 4 is 31.9 Å². The van der Waals surface area contributed by atoms with E-state index in [1.165, 1.54) is 33.4 Å². The molecule has 2 nitrogen and oxygen atoms in total. The summed E-state index contributed by atoms with van der Waals surface area (Å²) in [6, 6.07) is 17.3. The molecule has 0 fully saturated rings. The van der Waals surface area contributed by atoms with E-state index >= 15 is 0 Å². The number of benzene rings is 3. The molecule has 3 aliphatic rings. The number of hydrogen-bond donors (Lipinski definition) is 0. The number of halogens is 2. The van der Waals surface area contributed by atoms with Gasteiger partial charge in [0.15, 0.2) is 0 Å². The molecule has 0 radical (unpaired) electrons. The van der Waals surface area contributed by atoms with Crippen LogP contribution in [0.1, 0.15) is 45.2 Å². The standard InChI is InChI=1S/C22H16Br2O2/c1-25-15-9-5-8-13-17-11-6-3-4-7-12(11)19(18(13)15)20-14(17)10-16(26-2)21(23)22(20)24/h3-10,17,19H,1-2H3. The molecule has 0 saturated heterocycles. The SMILES string of the molecule is COc1cc2c(c(Br)c1Br)C1c3ccccc3C2c2cccc(OC)c21. The summed E-state index contributed by atoms with van der Waals surface area (Å²) >= 11 is 7.55. The molecular formula is C22H16Br2O2. The van der Waals surface area contributed by atoms with Crippen molar-refractivity contribution < 1.29 is 9.47 Å². The monoisotopic (exact) mass is 470 g/mol. The van der Waals surface area contributed by atoms with Gasteiger partial charge in [-0.2, -0.15) is 0 Å². The van der Waals surface area contributed by atoms with Gasteiger partial charge in [-0.05, 0) is 71.8 Å². The maximum atomic E-state index is 5.76. The van der Waals surface area contributed by atoms with Crippen LogP contribution in [-0.4, -0.2) is 14.2 Å². The van der Waals surface area contributed by atoms with Gasteiger partial charge in [-0.25, -0.2) is 0 Å². The Balaban J connectivity index is 1.92. The molecule has 0 heterocycles. The molecule has 3 aliphatic carbocycles. The molecule has 0 aliphatic heterocycles. The second kappa shape index (κ2) is 5.86. The summed E-state index contributed by atoms with van der Waals surface area (Å²) in [5, 5.41) is 0. The van der Waals surface area contributed by atoms with Crippen molar-refractivity contribution in [1.82, 2.24) is 0 Å². The molecule has 2 bridgehead atoms. The van der Waals surface area contributed by atoms with Crippen LogP contribution >= 0.6 is 31.9 Å². The van der Waals surface area contributed by atoms with Crippen molar-refractivity contribution in [3.63, 3.8) is 0 Å². The van der Waals surface area contributed by atoms with Crippen LogP contribution in [0.4, 0.5) is 0 Å². The van der Waals surface area contributed by atoms with E-state index in [-0.39, 0.29) is 11.8 Å². The highest BCUT2D eigenvalue weighted by atomic mass is 79.9. The van der Waals surface area contributed by atoms with Gasteiger partial charge in [0.25, 0.3) is 0 Å². The molecule has 3 aromatic carbocycles. The topological polar surface area (TPSA) is 18.5 Å². The zero-order valence-electron chi connectivity index (χ0n) is 14.3. The maximum Gasteiger partial charge on any atom is 0.134 e. The molecule has 2 atom stereocenters. The third-order valence-electron chi connectivity index (χ3n) is 5.60. The average molecular weight is 472 g/mol. The van der Waals surface area contributed by atoms with Gasteiger partial charge in [0.1, 0.15) is 11.5 Å². The van der Waals surface area contributed by atoms with Crippen molar-refractivity contribution in [2.24, 2.45) is 0 Å². The van der Waals surface area contributed by atoms with E-state index in [9.17, 15) is 0 Å². The van der Waals surface area contributed by atoms with Crippen LogP contribution in [0.3, 0.4) is 0 Å². The zero-order valence-corrected chi connectivity index (χ0v) is 17.5. The van der Waals surface area contributed by atoms with E-state index in [0.29, 0.717) is 0 Å². The van der Waals surface area contributed by atoms with Crippen LogP contribution in [0.5, 0.6) is 11.5 Å². The van der Waals surface area contributed by atoms with Crippen LogP contribution in [-0.2, 0) is 0 Å². The van der Waals surface area contributed by atoms with Gasteiger partial charge in [-0.3, -0.25) is 0 Å². The van der Waals surface area contributed by atoms with Crippen LogP contribution in [0.2, 0.25) is 0 Å². The fourth-order valence-electron chi connectivity index (χ4n) is 4.61. The predicted molar refractivity (Wildman–Crippen MR) is 110 cm³/mol. The minimum Gasteiger partial charge on any atom is -0.496 e. The summed E-state index contributed by atoms with van der Waals surface area (Å²) in [7, 11) is 3.47. The lowest BCUT2D eigenvalue weighted by Gasteiger charge is -2.43. The fraction of sp³-hybridized carbons (Fsp3) is 0.182. The van der Waals surface area contributed by atoms with Crippen molar-refractivity contribution in [2.75, 3.05) is 14.2 Å². The van der Waals surface area contributed by atoms with E-state index in [1.54, 1.807) is 14.2 Å². The van der Waals surface area contributed by atoms with Gasteiger partial charge in [0, 0.05) is 21.9 Å². The molecular weight excluding hydrogens is 456 g/mol. The lowest BCUT2D eigenvalue weighted by atomic mass is 9.61. The predicted octanol–water partition coefficient (Wildman–Crippen LogP) is 6.22. The van der Waals surface area contributed by atoms with Gasteiger partial charge >= 0.3 is 0 Å². The van der Waals surface area contributed by atoms with E-state index < -0.39 is 0 Å². The molecule has 2 unspecified atom stereocenters. The summed E-state index contributed by atoms with van der Waals surface area (Å²) in [4.78, 5) is 0. The molecule has 130 valence electrons. The van der Waals surface area contributed by atoms with Crippen LogP contribution < -0.4 is 9.47 Å². The largest absolute Gasteiger partial charge is 0.496 e. The highest BCUT2D eigenvalue weighted by molar-refractivity contribution is 9.13. The molecule has 0 N–H and O–H groups in total. The number of ether oxygens (including phenoxy) is 2. The summed E-state index contributed by atoms with van der Waals surface area (Å²) in [5.74, 6) is 2.14. The second-order valence-corrected chi connectivity index (χ2v) is 8.25. The van der Waals surface area contributed by atoms with Gasteiger partial charge in [-0.1, -0.05) is 36.4 Å². The smallest absolute Gasteiger partial charge is 0.134 e. The third kappa shape index (κ3) is 1.97. The molecule has 0 saturated carbocycles. The molecule has 0 amide bonds. The minimum atomic E-state index is 0.147. The Hall–Kier alpha value is -1.78. The Labute approximate surface area is 169 Å². The maximum absolute atomic E-state index is 5.76. The molecule has 3 aromatic rings. The van der Waals surface area contributed by atoms with Crippen LogP contribution in [0, 0.1) is 0 Å². The van der Waals surface area contributed by atoms with E-state index in [2.05, 4.69) is 80.4 Å². The van der Waals surface area contributed by atoms with Crippen molar-refractivity contribution in [2.45, 2.75) is 11.8 Å². The average Bonchev–Trinajstić information content (AvgIpc) is 2.69. The lowest BCUT2D eigenvalue weighted by Crippen LogP contribution is -2.28. The summed E-state index contributed by atoms with van der Waals surface area (Å²) < 4.78 is 13.4. The first-order chi connectivity index (χ1) is 12.7. The first kappa shape index (κ1) is 16.4. The van der Waals surface area contributed by atoms with Crippen LogP contribution in [0.15, 0.2) is 57.5 Å². The number of methoxy groups -OCH3 is 2. The molecule has 6 rings (SSSR count). The molecule has 0 spiro atoms. The first-order valence-electron chi connectivity index (χ1n) is 8.48. The second-order valence-electron chi connectivity index (χ2n) is 6.67. The molecule has 4 heteroatoms. The zero-order chi connectivity index (χ0) is 18.0. The van der Waals surface area contributed by atoms with E-state index in [0.717, 1.165) is 20.4 Å². The Kier molecular flexibility index (Phi) is 3.70. The van der Waals surface area contributed by atoms with E-state index in [4.69, 9.17) is 9.47 Å². The third-order valence-corrected chi connectivity index (χ3v) is 7.74. The summed E-state index contributed by atoms with van der Waals surface area (Å²) in [5.41, 5.74) is 7.96. The first-order valence-corrected chi connectivity index (χ1v) is 10.1. The van der Waals surface area contributed by atoms with Crippen molar-refractivity contribution in [3.8, 4) is 11.5 Å². The highest BCUT2D eigenvalue weighted by Crippen LogP contribution is 2.60.